The molecule has 1 saturated carbocycles. The van der Waals surface area contributed by atoms with Gasteiger partial charge in [-0.15, -0.1) is 0 Å². The van der Waals surface area contributed by atoms with Gasteiger partial charge in [-0.2, -0.15) is 18.3 Å². The Morgan fingerprint density at radius 1 is 1.30 bits per heavy atom. The lowest BCUT2D eigenvalue weighted by Gasteiger charge is -2.23. The van der Waals surface area contributed by atoms with Gasteiger partial charge in [-0.25, -0.2) is 19.6 Å². The summed E-state index contributed by atoms with van der Waals surface area (Å²) in [5.41, 5.74) is 11.0. The summed E-state index contributed by atoms with van der Waals surface area (Å²) >= 11 is 0. The molecule has 2 aliphatic rings. The maximum absolute atomic E-state index is 12.8. The number of nitrogens with two attached hydrogens (primary N) is 2. The van der Waals surface area contributed by atoms with Crippen molar-refractivity contribution >= 4 is 34.5 Å². The molecule has 0 radical (unpaired) electrons. The topological polar surface area (TPSA) is 155 Å². The third kappa shape index (κ3) is 3.26. The van der Waals surface area contributed by atoms with Crippen LogP contribution in [0.3, 0.4) is 0 Å². The fraction of sp³-hybridized carbons (Fsp3) is 0.400. The summed E-state index contributed by atoms with van der Waals surface area (Å²) in [7, 11) is 0. The molecule has 3 aromatic heterocycles. The van der Waals surface area contributed by atoms with Crippen molar-refractivity contribution in [2.24, 2.45) is 11.7 Å². The van der Waals surface area contributed by atoms with E-state index in [1.54, 1.807) is 12.1 Å². The molecule has 10 nitrogen and oxygen atoms in total. The highest BCUT2D eigenvalue weighted by Crippen LogP contribution is 2.54. The maximum atomic E-state index is 12.8. The molecule has 0 saturated heterocycles. The minimum absolute atomic E-state index is 0.0172. The van der Waals surface area contributed by atoms with Gasteiger partial charge in [0.15, 0.2) is 16.9 Å². The summed E-state index contributed by atoms with van der Waals surface area (Å²) in [5, 5.41) is 7.50. The molecule has 1 unspecified atom stereocenters. The van der Waals surface area contributed by atoms with Crippen LogP contribution in [-0.2, 0) is 21.5 Å². The first-order valence-electron chi connectivity index (χ1n) is 10.3. The van der Waals surface area contributed by atoms with Crippen LogP contribution in [0.15, 0.2) is 18.3 Å². The van der Waals surface area contributed by atoms with Crippen LogP contribution in [0.1, 0.15) is 31.2 Å². The number of anilines is 2. The van der Waals surface area contributed by atoms with Crippen LogP contribution in [0.25, 0.3) is 22.6 Å². The Hall–Kier alpha value is -3.77. The molecule has 1 aliphatic heterocycles. The fourth-order valence-electron chi connectivity index (χ4n) is 4.48. The third-order valence-electron chi connectivity index (χ3n) is 6.05. The average molecular weight is 460 g/mol. The van der Waals surface area contributed by atoms with Crippen LogP contribution in [-0.4, -0.2) is 42.7 Å². The summed E-state index contributed by atoms with van der Waals surface area (Å²) < 4.78 is 39.1. The van der Waals surface area contributed by atoms with Gasteiger partial charge in [-0.05, 0) is 37.3 Å². The number of primary amides is 1. The Morgan fingerprint density at radius 3 is 2.73 bits per heavy atom. The molecule has 0 aromatic carbocycles. The van der Waals surface area contributed by atoms with Crippen molar-refractivity contribution in [2.75, 3.05) is 11.1 Å². The Kier molecular flexibility index (Phi) is 4.55. The van der Waals surface area contributed by atoms with Crippen LogP contribution in [0.4, 0.5) is 24.8 Å². The summed E-state index contributed by atoms with van der Waals surface area (Å²) in [5.74, 6) is -1.62. The van der Waals surface area contributed by atoms with Gasteiger partial charge < -0.3 is 16.8 Å². The number of fused-ring (bicyclic) bond motifs is 2. The minimum Gasteiger partial charge on any atom is -0.383 e. The van der Waals surface area contributed by atoms with E-state index in [4.69, 9.17) is 11.5 Å². The molecule has 5 rings (SSSR count). The van der Waals surface area contributed by atoms with Crippen molar-refractivity contribution in [1.29, 1.82) is 0 Å². The lowest BCUT2D eigenvalue weighted by Crippen LogP contribution is -2.49. The molecule has 1 fully saturated rings. The number of nitrogen functional groups attached to an aromatic ring is 1. The number of nitrogens with zero attached hydrogens (tertiary/aromatic N) is 5. The van der Waals surface area contributed by atoms with Crippen molar-refractivity contribution in [3.63, 3.8) is 0 Å². The summed E-state index contributed by atoms with van der Waals surface area (Å²) in [6.07, 6.45) is -2.61. The summed E-state index contributed by atoms with van der Waals surface area (Å²) in [6.45, 7) is -0.0172. The molecule has 0 spiro atoms. The lowest BCUT2D eigenvalue weighted by molar-refractivity contribution is -0.136. The first kappa shape index (κ1) is 21.1. The molecule has 1 aliphatic carbocycles. The zero-order valence-electron chi connectivity index (χ0n) is 17.2. The first-order chi connectivity index (χ1) is 15.6. The highest BCUT2D eigenvalue weighted by molar-refractivity contribution is 6.21. The van der Waals surface area contributed by atoms with Crippen LogP contribution >= 0.6 is 0 Å². The molecule has 13 heteroatoms. The first-order valence-corrected chi connectivity index (χ1v) is 10.3. The van der Waals surface area contributed by atoms with Gasteiger partial charge in [0.05, 0.1) is 10.9 Å². The molecule has 0 bridgehead atoms. The van der Waals surface area contributed by atoms with Crippen LogP contribution < -0.4 is 16.8 Å². The van der Waals surface area contributed by atoms with Crippen LogP contribution in [0, 0.1) is 5.92 Å². The lowest BCUT2D eigenvalue weighted by atomic mass is 9.76. The smallest absolute Gasteiger partial charge is 0.383 e. The minimum atomic E-state index is -4.27. The predicted octanol–water partition coefficient (Wildman–Crippen LogP) is 1.90. The summed E-state index contributed by atoms with van der Waals surface area (Å²) in [4.78, 5) is 38.1. The Balaban J connectivity index is 1.59. The number of alkyl halides is 3. The number of carbonyl (C=O) groups excluding carboxylic acids is 2. The standard InChI is InChI=1S/C20H19F3N8O2/c21-19(22,23)6-2-8-31-16-10(3-1-7-26-16)12(30-31)15-27-13(24)11-14(28-15)29-18(33)20(11,17(25)32)9-4-5-9/h1,3,7,9H,2,4-6,8H2,(H2,25,32)(H3,24,27,28,29,33). The second-order valence-electron chi connectivity index (χ2n) is 8.22. The SMILES string of the molecule is NC(=O)C1(C2CC2)C(=O)Nc2nc(-c3nn(CCCC(F)(F)F)c4ncccc34)nc(N)c21. The van der Waals surface area contributed by atoms with E-state index in [0.29, 0.717) is 23.9 Å². The molecule has 33 heavy (non-hydrogen) atoms. The number of aryl methyl sites for hydroxylation is 1. The van der Waals surface area contributed by atoms with Gasteiger partial charge in [0.1, 0.15) is 17.3 Å². The number of carbonyl (C=O) groups is 2. The van der Waals surface area contributed by atoms with Gasteiger partial charge in [0, 0.05) is 19.2 Å². The normalized spacial score (nSPS) is 20.2. The van der Waals surface area contributed by atoms with E-state index >= 15 is 0 Å². The van der Waals surface area contributed by atoms with E-state index in [9.17, 15) is 22.8 Å². The highest BCUT2D eigenvalue weighted by atomic mass is 19.4. The highest BCUT2D eigenvalue weighted by Gasteiger charge is 2.62. The molecule has 2 amide bonds. The van der Waals surface area contributed by atoms with E-state index in [1.165, 1.54) is 10.9 Å². The number of nitrogens with one attached hydrogen (secondary N) is 1. The molecule has 1 atom stereocenters. The second-order valence-corrected chi connectivity index (χ2v) is 8.22. The molecule has 5 N–H and O–H groups in total. The van der Waals surface area contributed by atoms with Crippen LogP contribution in [0.5, 0.6) is 0 Å². The van der Waals surface area contributed by atoms with Gasteiger partial charge in [0.25, 0.3) is 0 Å². The number of aromatic nitrogens is 5. The number of rotatable bonds is 6. The monoisotopic (exact) mass is 460 g/mol. The van der Waals surface area contributed by atoms with Crippen molar-refractivity contribution in [3.05, 3.63) is 23.9 Å². The van der Waals surface area contributed by atoms with Crippen molar-refractivity contribution < 1.29 is 22.8 Å². The van der Waals surface area contributed by atoms with E-state index in [-0.39, 0.29) is 47.6 Å². The molecule has 172 valence electrons. The zero-order chi connectivity index (χ0) is 23.5. The number of halogens is 3. The van der Waals surface area contributed by atoms with Gasteiger partial charge in [0.2, 0.25) is 11.8 Å². The number of amides is 2. The fourth-order valence-corrected chi connectivity index (χ4v) is 4.48. The molecular weight excluding hydrogens is 441 g/mol. The quantitative estimate of drug-likeness (QED) is 0.475. The predicted molar refractivity (Wildman–Crippen MR) is 110 cm³/mol. The Labute approximate surface area is 184 Å². The zero-order valence-corrected chi connectivity index (χ0v) is 17.2. The van der Waals surface area contributed by atoms with E-state index in [0.717, 1.165) is 0 Å². The number of pyridine rings is 1. The molecular formula is C20H19F3N8O2. The maximum Gasteiger partial charge on any atom is 0.389 e. The second kappa shape index (κ2) is 7.12. The van der Waals surface area contributed by atoms with E-state index in [2.05, 4.69) is 25.4 Å². The Morgan fingerprint density at radius 2 is 2.06 bits per heavy atom. The van der Waals surface area contributed by atoms with Gasteiger partial charge in [-0.3, -0.25) is 9.59 Å². The molecule has 3 aromatic rings. The van der Waals surface area contributed by atoms with Gasteiger partial charge >= 0.3 is 6.18 Å². The van der Waals surface area contributed by atoms with Crippen molar-refractivity contribution in [2.45, 2.75) is 43.8 Å². The van der Waals surface area contributed by atoms with Crippen molar-refractivity contribution in [1.82, 2.24) is 24.7 Å². The van der Waals surface area contributed by atoms with Gasteiger partial charge in [-0.1, -0.05) is 0 Å². The van der Waals surface area contributed by atoms with E-state index < -0.39 is 29.8 Å². The Bertz CT molecular complexity index is 1300. The third-order valence-corrected chi connectivity index (χ3v) is 6.05. The largest absolute Gasteiger partial charge is 0.389 e. The number of hydrogen-bond donors (Lipinski definition) is 3. The number of hydrogen-bond acceptors (Lipinski definition) is 7. The summed E-state index contributed by atoms with van der Waals surface area (Å²) in [6, 6.07) is 3.34. The van der Waals surface area contributed by atoms with Crippen LogP contribution in [0.2, 0.25) is 0 Å². The van der Waals surface area contributed by atoms with E-state index in [1.807, 2.05) is 0 Å². The van der Waals surface area contributed by atoms with Crippen molar-refractivity contribution in [3.8, 4) is 11.5 Å². The molecule has 4 heterocycles. The average Bonchev–Trinajstić information content (AvgIpc) is 3.44.